The van der Waals surface area contributed by atoms with Gasteiger partial charge in [0.25, 0.3) is 5.91 Å². The highest BCUT2D eigenvalue weighted by atomic mass is 19.1. The number of aliphatic hydroxyl groups is 2. The van der Waals surface area contributed by atoms with Crippen LogP contribution in [0.4, 0.5) is 20.4 Å². The van der Waals surface area contributed by atoms with Gasteiger partial charge < -0.3 is 30.7 Å². The minimum atomic E-state index is -2.21. The number of benzene rings is 1. The van der Waals surface area contributed by atoms with Crippen LogP contribution < -0.4 is 22.4 Å². The number of rotatable bonds is 6. The summed E-state index contributed by atoms with van der Waals surface area (Å²) in [5.74, 6) is -0.600. The van der Waals surface area contributed by atoms with Crippen molar-refractivity contribution >= 4 is 17.5 Å². The summed E-state index contributed by atoms with van der Waals surface area (Å²) in [6.45, 7) is 5.69. The van der Waals surface area contributed by atoms with E-state index in [-0.39, 0.29) is 29.6 Å². The number of ether oxygens (including phenoxy) is 2. The van der Waals surface area contributed by atoms with E-state index in [1.807, 2.05) is 6.92 Å². The van der Waals surface area contributed by atoms with Crippen LogP contribution in [0.3, 0.4) is 0 Å². The molecule has 1 amide bonds. The van der Waals surface area contributed by atoms with Crippen LogP contribution in [0, 0.1) is 5.92 Å². The smallest absolute Gasteiger partial charge is 0.351 e. The zero-order chi connectivity index (χ0) is 32.4. The number of aromatic nitrogens is 4. The number of hydrogen-bond acceptors (Lipinski definition) is 10. The van der Waals surface area contributed by atoms with Crippen LogP contribution >= 0.6 is 0 Å². The summed E-state index contributed by atoms with van der Waals surface area (Å²) >= 11 is 0. The Bertz CT molecular complexity index is 1580. The quantitative estimate of drug-likeness (QED) is 0.319. The molecule has 3 aromatic rings. The molecule has 0 bridgehead atoms. The number of carbonyl (C=O) groups is 1. The Kier molecular flexibility index (Phi) is 9.63. The van der Waals surface area contributed by atoms with Crippen LogP contribution in [-0.2, 0) is 9.47 Å². The summed E-state index contributed by atoms with van der Waals surface area (Å²) in [6, 6.07) is 11.4. The van der Waals surface area contributed by atoms with Crippen LogP contribution in [0.25, 0.3) is 0 Å². The van der Waals surface area contributed by atoms with Crippen LogP contribution in [0.2, 0.25) is 0 Å². The van der Waals surface area contributed by atoms with Crippen molar-refractivity contribution in [1.29, 1.82) is 0 Å². The third-order valence-electron chi connectivity index (χ3n) is 8.00. The Hall–Kier alpha value is -4.05. The molecular formula is C29H36F2N6O7. The number of hydrogen-bond donors (Lipinski definition) is 4. The molecule has 0 saturated carbocycles. The number of nitrogens with zero attached hydrogens (tertiary/aromatic N) is 4. The van der Waals surface area contributed by atoms with Crippen molar-refractivity contribution in [2.24, 2.45) is 5.92 Å². The lowest BCUT2D eigenvalue weighted by molar-refractivity contribution is -0.0610. The normalized spacial score (nSPS) is 31.3. The number of alkyl halides is 2. The molecule has 0 radical (unpaired) electrons. The summed E-state index contributed by atoms with van der Waals surface area (Å²) in [6.07, 6.45) is -1.98. The number of nitrogens with two attached hydrogens (primary N) is 1. The van der Waals surface area contributed by atoms with Crippen molar-refractivity contribution in [1.82, 2.24) is 19.1 Å². The molecule has 5 rings (SSSR count). The first-order valence-corrected chi connectivity index (χ1v) is 14.0. The second-order valence-corrected chi connectivity index (χ2v) is 11.0. The van der Waals surface area contributed by atoms with E-state index in [0.29, 0.717) is 12.0 Å². The highest BCUT2D eigenvalue weighted by Crippen LogP contribution is 2.45. The number of halogens is 2. The van der Waals surface area contributed by atoms with Crippen LogP contribution in [0.15, 0.2) is 64.4 Å². The average Bonchev–Trinajstić information content (AvgIpc) is 3.36. The van der Waals surface area contributed by atoms with Crippen molar-refractivity contribution in [3.05, 3.63) is 81.4 Å². The van der Waals surface area contributed by atoms with E-state index < -0.39 is 54.0 Å². The van der Waals surface area contributed by atoms with Gasteiger partial charge in [-0.2, -0.15) is 9.97 Å². The molecule has 2 aliphatic heterocycles. The van der Waals surface area contributed by atoms with Crippen LogP contribution in [0.1, 0.15) is 56.9 Å². The SMILES string of the molecule is CC[C@H]1O[C@@H](n2ccc(NC(=O)c3ccccc3)nc2=O)[C@](C)(F)[C@@H]1C.C[C@@]1(F)[C@H](O)[C@@H](CO)O[C@H]1n1ccc(N)nc1=O. The predicted molar refractivity (Wildman–Crippen MR) is 155 cm³/mol. The summed E-state index contributed by atoms with van der Waals surface area (Å²) in [7, 11) is 0. The monoisotopic (exact) mass is 618 g/mol. The van der Waals surface area contributed by atoms with Gasteiger partial charge in [0.1, 0.15) is 23.8 Å². The fraction of sp³-hybridized carbons (Fsp3) is 0.483. The first kappa shape index (κ1) is 32.9. The van der Waals surface area contributed by atoms with Crippen LogP contribution in [-0.4, -0.2) is 71.5 Å². The zero-order valence-electron chi connectivity index (χ0n) is 24.6. The molecule has 15 heteroatoms. The van der Waals surface area contributed by atoms with Gasteiger partial charge in [-0.15, -0.1) is 0 Å². The van der Waals surface area contributed by atoms with Gasteiger partial charge in [-0.25, -0.2) is 18.4 Å². The lowest BCUT2D eigenvalue weighted by Crippen LogP contribution is -2.42. The topological polar surface area (TPSA) is 184 Å². The molecule has 5 N–H and O–H groups in total. The van der Waals surface area contributed by atoms with E-state index in [1.54, 1.807) is 37.3 Å². The third-order valence-corrected chi connectivity index (χ3v) is 8.00. The Morgan fingerprint density at radius 2 is 1.55 bits per heavy atom. The van der Waals surface area contributed by atoms with E-state index >= 15 is 4.39 Å². The van der Waals surface area contributed by atoms with Crippen molar-refractivity contribution in [3.63, 3.8) is 0 Å². The molecular weight excluding hydrogens is 582 g/mol. The van der Waals surface area contributed by atoms with Crippen molar-refractivity contribution in [3.8, 4) is 0 Å². The van der Waals surface area contributed by atoms with Gasteiger partial charge >= 0.3 is 11.4 Å². The second-order valence-electron chi connectivity index (χ2n) is 11.0. The van der Waals surface area contributed by atoms with E-state index in [2.05, 4.69) is 15.3 Å². The first-order chi connectivity index (χ1) is 20.7. The summed E-state index contributed by atoms with van der Waals surface area (Å²) in [5, 5.41) is 21.2. The highest BCUT2D eigenvalue weighted by molar-refractivity contribution is 6.03. The molecule has 2 saturated heterocycles. The van der Waals surface area contributed by atoms with Crippen molar-refractivity contribution in [2.75, 3.05) is 17.7 Å². The molecule has 0 unspecified atom stereocenters. The van der Waals surface area contributed by atoms with Gasteiger partial charge in [-0.05, 0) is 44.5 Å². The van der Waals surface area contributed by atoms with E-state index in [0.717, 1.165) is 16.1 Å². The Balaban J connectivity index is 0.000000215. The number of carbonyl (C=O) groups excluding carboxylic acids is 1. The minimum Gasteiger partial charge on any atom is -0.394 e. The lowest BCUT2D eigenvalue weighted by atomic mass is 9.88. The minimum absolute atomic E-state index is 0.00839. The first-order valence-electron chi connectivity index (χ1n) is 14.0. The lowest BCUT2D eigenvalue weighted by Gasteiger charge is -2.25. The van der Waals surface area contributed by atoms with Crippen LogP contribution in [0.5, 0.6) is 0 Å². The number of amides is 1. The van der Waals surface area contributed by atoms with Gasteiger partial charge in [0, 0.05) is 23.9 Å². The van der Waals surface area contributed by atoms with Gasteiger partial charge in [0.05, 0.1) is 12.7 Å². The maximum atomic E-state index is 15.1. The van der Waals surface area contributed by atoms with Gasteiger partial charge in [0.2, 0.25) is 0 Å². The molecule has 4 heterocycles. The Morgan fingerprint density at radius 1 is 0.977 bits per heavy atom. The summed E-state index contributed by atoms with van der Waals surface area (Å²) in [5.41, 5.74) is 0.417. The van der Waals surface area contributed by atoms with Crippen molar-refractivity contribution in [2.45, 2.75) is 76.2 Å². The molecule has 2 aliphatic rings. The maximum Gasteiger partial charge on any atom is 0.351 e. The molecule has 2 aromatic heterocycles. The Morgan fingerprint density at radius 3 is 2.07 bits per heavy atom. The number of aliphatic hydroxyl groups excluding tert-OH is 2. The fourth-order valence-electron chi connectivity index (χ4n) is 5.20. The van der Waals surface area contributed by atoms with Gasteiger partial charge in [-0.3, -0.25) is 13.9 Å². The highest BCUT2D eigenvalue weighted by Gasteiger charge is 2.55. The third kappa shape index (κ3) is 6.40. The van der Waals surface area contributed by atoms with E-state index in [4.69, 9.17) is 20.3 Å². The maximum absolute atomic E-state index is 15.1. The van der Waals surface area contributed by atoms with Gasteiger partial charge in [-0.1, -0.05) is 32.0 Å². The standard InChI is InChI=1S/C19H22FN3O3.C10H14FN3O4/c1-4-14-12(2)19(3,20)17(26-14)23-11-10-15(22-18(23)25)21-16(24)13-8-6-5-7-9-13;1-10(11)7(16)5(4-15)18-8(10)14-3-2-6(12)13-9(14)17/h5-12,14,17H,4H2,1-3H3,(H,21,22,24,25);2-3,5,7-8,15-16H,4H2,1H3,(H2,12,13,17)/t12-,14-,17-,19-;5-,7-,8-,10-/m11/s1. The molecule has 13 nitrogen and oxygen atoms in total. The van der Waals surface area contributed by atoms with E-state index in [9.17, 15) is 23.9 Å². The molecule has 44 heavy (non-hydrogen) atoms. The Labute approximate surface area is 251 Å². The number of nitrogens with one attached hydrogen (secondary N) is 1. The second kappa shape index (κ2) is 12.9. The fourth-order valence-corrected chi connectivity index (χ4v) is 5.20. The number of anilines is 2. The van der Waals surface area contributed by atoms with Crippen molar-refractivity contribution < 1.29 is 33.3 Å². The molecule has 1 aromatic carbocycles. The summed E-state index contributed by atoms with van der Waals surface area (Å²) in [4.78, 5) is 43.4. The predicted octanol–water partition coefficient (Wildman–Crippen LogP) is 1.97. The molecule has 0 spiro atoms. The average molecular weight is 619 g/mol. The zero-order valence-corrected chi connectivity index (χ0v) is 24.6. The largest absolute Gasteiger partial charge is 0.394 e. The molecule has 8 atom stereocenters. The van der Waals surface area contributed by atoms with E-state index in [1.165, 1.54) is 31.5 Å². The number of nitrogen functional groups attached to an aromatic ring is 1. The molecule has 0 aliphatic carbocycles. The summed E-state index contributed by atoms with van der Waals surface area (Å²) < 4.78 is 42.4. The van der Waals surface area contributed by atoms with Gasteiger partial charge in [0.15, 0.2) is 23.8 Å². The molecule has 238 valence electrons. The molecule has 2 fully saturated rings.